The molecule has 1 aromatic carbocycles. The minimum absolute atomic E-state index is 0.0493. The maximum absolute atomic E-state index is 5.85. The summed E-state index contributed by atoms with van der Waals surface area (Å²) in [5.41, 5.74) is 1.05. The van der Waals surface area contributed by atoms with Crippen LogP contribution in [0.3, 0.4) is 0 Å². The van der Waals surface area contributed by atoms with Crippen molar-refractivity contribution >= 4 is 0 Å². The van der Waals surface area contributed by atoms with Crippen LogP contribution in [0.5, 0.6) is 11.5 Å². The molecule has 2 atom stereocenters. The second kappa shape index (κ2) is 10.2. The van der Waals surface area contributed by atoms with Crippen LogP contribution in [0.4, 0.5) is 0 Å². The van der Waals surface area contributed by atoms with Crippen molar-refractivity contribution in [2.45, 2.75) is 31.5 Å². The molecule has 2 aliphatic heterocycles. The van der Waals surface area contributed by atoms with E-state index in [1.54, 1.807) is 19.1 Å². The molecule has 2 fully saturated rings. The van der Waals surface area contributed by atoms with Crippen LogP contribution in [-0.4, -0.2) is 79.9 Å². The Kier molecular flexibility index (Phi) is 7.16. The number of quaternary nitrogens is 2. The summed E-state index contributed by atoms with van der Waals surface area (Å²) in [5, 5.41) is 12.9. The third-order valence-corrected chi connectivity index (χ3v) is 6.40. The second-order valence-electron chi connectivity index (χ2n) is 8.27. The Morgan fingerprint density at radius 1 is 1.26 bits per heavy atom. The van der Waals surface area contributed by atoms with E-state index in [0.717, 1.165) is 75.1 Å². The number of nitrogens with one attached hydrogen (secondary N) is 2. The molecule has 2 N–H and O–H groups in total. The van der Waals surface area contributed by atoms with Gasteiger partial charge in [0.25, 0.3) is 0 Å². The number of methoxy groups -OCH3 is 2. The van der Waals surface area contributed by atoms with Gasteiger partial charge < -0.3 is 24.0 Å². The fourth-order valence-electron chi connectivity index (χ4n) is 4.83. The van der Waals surface area contributed by atoms with E-state index in [9.17, 15) is 0 Å². The lowest BCUT2D eigenvalue weighted by Gasteiger charge is -2.34. The maximum atomic E-state index is 5.85. The van der Waals surface area contributed by atoms with Crippen molar-refractivity contribution in [2.24, 2.45) is 0 Å². The quantitative estimate of drug-likeness (QED) is 0.493. The van der Waals surface area contributed by atoms with Crippen LogP contribution in [0.2, 0.25) is 0 Å². The van der Waals surface area contributed by atoms with E-state index in [0.29, 0.717) is 6.54 Å². The predicted molar refractivity (Wildman–Crippen MR) is 115 cm³/mol. The molecular formula is C22H34N6O3+2. The highest BCUT2D eigenvalue weighted by molar-refractivity contribution is 5.48. The lowest BCUT2D eigenvalue weighted by atomic mass is 10.0. The zero-order valence-electron chi connectivity index (χ0n) is 18.5. The molecule has 0 radical (unpaired) electrons. The number of ether oxygens (including phenoxy) is 3. The summed E-state index contributed by atoms with van der Waals surface area (Å²) in [7, 11) is 3.36. The standard InChI is InChI=1S/C22H32N6O3/c1-4-10-26-11-13-27(14-12-26)20(18-8-5-9-19(29-2)21(18)30-3)22-23-24-25-28(22)16-17-7-6-15-31-17/h4-5,8-9,17,20H,1,6-7,10-16H2,2-3H3/p+2/t17-,20-/m0/s1. The van der Waals surface area contributed by atoms with Gasteiger partial charge in [-0.05, 0) is 41.5 Å². The van der Waals surface area contributed by atoms with Crippen molar-refractivity contribution in [3.05, 3.63) is 42.2 Å². The number of benzene rings is 1. The molecule has 0 saturated carbocycles. The molecule has 0 spiro atoms. The van der Waals surface area contributed by atoms with E-state index in [1.807, 2.05) is 22.9 Å². The summed E-state index contributed by atoms with van der Waals surface area (Å²) in [4.78, 5) is 3.00. The average Bonchev–Trinajstić information content (AvgIpc) is 3.48. The zero-order valence-corrected chi connectivity index (χ0v) is 18.5. The lowest BCUT2D eigenvalue weighted by Crippen LogP contribution is -3.28. The molecule has 9 nitrogen and oxygen atoms in total. The Morgan fingerprint density at radius 3 is 2.77 bits per heavy atom. The van der Waals surface area contributed by atoms with Crippen LogP contribution in [0, 0.1) is 0 Å². The first kappa shape index (κ1) is 21.7. The Hall–Kier alpha value is -2.49. The Bertz CT molecular complexity index is 859. The van der Waals surface area contributed by atoms with Gasteiger partial charge in [0.15, 0.2) is 17.5 Å². The molecule has 1 aromatic heterocycles. The molecule has 31 heavy (non-hydrogen) atoms. The topological polar surface area (TPSA) is 80.2 Å². The van der Waals surface area contributed by atoms with Crippen molar-refractivity contribution in [2.75, 3.05) is 53.6 Å². The largest absolute Gasteiger partial charge is 0.493 e. The van der Waals surface area contributed by atoms with Gasteiger partial charge in [-0.15, -0.1) is 5.10 Å². The first-order chi connectivity index (χ1) is 15.2. The first-order valence-corrected chi connectivity index (χ1v) is 11.1. The molecule has 0 bridgehead atoms. The van der Waals surface area contributed by atoms with Crippen LogP contribution < -0.4 is 19.3 Å². The van der Waals surface area contributed by atoms with Gasteiger partial charge >= 0.3 is 0 Å². The highest BCUT2D eigenvalue weighted by Crippen LogP contribution is 2.35. The van der Waals surface area contributed by atoms with E-state index >= 15 is 0 Å². The summed E-state index contributed by atoms with van der Waals surface area (Å²) < 4.78 is 19.2. The summed E-state index contributed by atoms with van der Waals surface area (Å²) in [6.07, 6.45) is 4.31. The second-order valence-corrected chi connectivity index (χ2v) is 8.27. The number of tetrazole rings is 1. The van der Waals surface area contributed by atoms with E-state index in [2.05, 4.69) is 28.2 Å². The highest BCUT2D eigenvalue weighted by atomic mass is 16.5. The molecule has 0 unspecified atom stereocenters. The van der Waals surface area contributed by atoms with Gasteiger partial charge in [0.2, 0.25) is 5.82 Å². The number of rotatable bonds is 9. The Balaban J connectivity index is 1.69. The Morgan fingerprint density at radius 2 is 2.10 bits per heavy atom. The minimum Gasteiger partial charge on any atom is -0.493 e. The lowest BCUT2D eigenvalue weighted by molar-refractivity contribution is -1.02. The number of para-hydroxylation sites is 1. The Labute approximate surface area is 183 Å². The average molecular weight is 431 g/mol. The van der Waals surface area contributed by atoms with E-state index in [1.165, 1.54) is 4.90 Å². The van der Waals surface area contributed by atoms with Gasteiger partial charge in [0.1, 0.15) is 26.2 Å². The van der Waals surface area contributed by atoms with Crippen LogP contribution in [0.15, 0.2) is 30.9 Å². The summed E-state index contributed by atoms with van der Waals surface area (Å²) in [6, 6.07) is 5.99. The third-order valence-electron chi connectivity index (χ3n) is 6.40. The normalized spacial score (nSPS) is 24.6. The minimum atomic E-state index is -0.0493. The van der Waals surface area contributed by atoms with E-state index in [-0.39, 0.29) is 12.1 Å². The predicted octanol–water partition coefficient (Wildman–Crippen LogP) is -1.07. The van der Waals surface area contributed by atoms with Crippen molar-refractivity contribution in [3.8, 4) is 11.5 Å². The van der Waals surface area contributed by atoms with Gasteiger partial charge in [-0.1, -0.05) is 12.6 Å². The van der Waals surface area contributed by atoms with Gasteiger partial charge in [-0.2, -0.15) is 0 Å². The van der Waals surface area contributed by atoms with E-state index in [4.69, 9.17) is 14.2 Å². The van der Waals surface area contributed by atoms with Crippen molar-refractivity contribution in [1.82, 2.24) is 20.2 Å². The number of hydrogen-bond acceptors (Lipinski definition) is 6. The van der Waals surface area contributed by atoms with Crippen molar-refractivity contribution in [1.29, 1.82) is 0 Å². The van der Waals surface area contributed by atoms with E-state index < -0.39 is 0 Å². The monoisotopic (exact) mass is 430 g/mol. The van der Waals surface area contributed by atoms with Crippen LogP contribution in [0.1, 0.15) is 30.3 Å². The van der Waals surface area contributed by atoms with Gasteiger partial charge in [0.05, 0.1) is 39.0 Å². The summed E-state index contributed by atoms with van der Waals surface area (Å²) >= 11 is 0. The number of hydrogen-bond donors (Lipinski definition) is 2. The molecule has 2 aromatic rings. The molecule has 4 rings (SSSR count). The van der Waals surface area contributed by atoms with Crippen LogP contribution in [-0.2, 0) is 11.3 Å². The molecular weight excluding hydrogens is 396 g/mol. The molecule has 2 aliphatic rings. The van der Waals surface area contributed by atoms with Gasteiger partial charge in [0, 0.05) is 6.61 Å². The summed E-state index contributed by atoms with van der Waals surface area (Å²) in [6.45, 7) is 10.6. The zero-order chi connectivity index (χ0) is 21.6. The third kappa shape index (κ3) is 4.73. The fraction of sp³-hybridized carbons (Fsp3) is 0.591. The smallest absolute Gasteiger partial charge is 0.214 e. The van der Waals surface area contributed by atoms with Crippen LogP contribution >= 0.6 is 0 Å². The maximum Gasteiger partial charge on any atom is 0.214 e. The first-order valence-electron chi connectivity index (χ1n) is 11.1. The molecule has 168 valence electrons. The van der Waals surface area contributed by atoms with Gasteiger partial charge in [-0.25, -0.2) is 4.68 Å². The molecule has 2 saturated heterocycles. The highest BCUT2D eigenvalue weighted by Gasteiger charge is 2.38. The summed E-state index contributed by atoms with van der Waals surface area (Å²) in [5.74, 6) is 2.32. The van der Waals surface area contributed by atoms with Crippen molar-refractivity contribution in [3.63, 3.8) is 0 Å². The molecule has 0 aliphatic carbocycles. The number of nitrogens with zero attached hydrogens (tertiary/aromatic N) is 4. The van der Waals surface area contributed by atoms with Gasteiger partial charge in [-0.3, -0.25) is 0 Å². The fourth-order valence-corrected chi connectivity index (χ4v) is 4.83. The van der Waals surface area contributed by atoms with Crippen LogP contribution in [0.25, 0.3) is 0 Å². The van der Waals surface area contributed by atoms with Crippen molar-refractivity contribution < 1.29 is 24.0 Å². The number of aromatic nitrogens is 4. The molecule has 0 amide bonds. The molecule has 9 heteroatoms. The number of piperazine rings is 1. The SMILES string of the molecule is C=CC[NH+]1CC[NH+]([C@@H](c2cccc(OC)c2OC)c2nnnn2C[C@@H]2CCCO2)CC1. The molecule has 3 heterocycles.